The quantitative estimate of drug-likeness (QED) is 0.821. The van der Waals surface area contributed by atoms with Crippen molar-refractivity contribution in [2.75, 3.05) is 0 Å². The molecule has 0 atom stereocenters. The summed E-state index contributed by atoms with van der Waals surface area (Å²) in [4.78, 5) is 25.8. The topological polar surface area (TPSA) is 54.9 Å². The third kappa shape index (κ3) is 2.35. The predicted molar refractivity (Wildman–Crippen MR) is 70.1 cm³/mol. The van der Waals surface area contributed by atoms with Crippen LogP contribution in [0, 0.1) is 6.92 Å². The minimum Gasteiger partial charge on any atom is -0.297 e. The third-order valence-corrected chi connectivity index (χ3v) is 3.08. The molecule has 0 bridgehead atoms. The molecule has 4 nitrogen and oxygen atoms in total. The largest absolute Gasteiger partial charge is 0.334 e. The van der Waals surface area contributed by atoms with Gasteiger partial charge in [-0.3, -0.25) is 9.78 Å². The van der Waals surface area contributed by atoms with Crippen LogP contribution >= 0.6 is 27.5 Å². The highest BCUT2D eigenvalue weighted by Crippen LogP contribution is 2.20. The van der Waals surface area contributed by atoms with Gasteiger partial charge in [-0.05, 0) is 40.5 Å². The third-order valence-electron chi connectivity index (χ3n) is 2.24. The Hall–Kier alpha value is -1.33. The van der Waals surface area contributed by atoms with E-state index in [2.05, 4.69) is 20.9 Å². The Morgan fingerprint density at radius 3 is 2.59 bits per heavy atom. The Kier molecular flexibility index (Phi) is 3.22. The van der Waals surface area contributed by atoms with E-state index in [0.29, 0.717) is 10.2 Å². The summed E-state index contributed by atoms with van der Waals surface area (Å²) in [6.45, 7) is 1.92. The number of rotatable bonds is 1. The van der Waals surface area contributed by atoms with Gasteiger partial charge in [0.2, 0.25) is 0 Å². The molecule has 1 aromatic heterocycles. The lowest BCUT2D eigenvalue weighted by Crippen LogP contribution is -2.33. The molecular formula is C11H8BrClN2O2. The fraction of sp³-hybridized carbons (Fsp3) is 0.0909. The molecule has 1 N–H and O–H groups in total. The first-order valence-corrected chi connectivity index (χ1v) is 5.94. The van der Waals surface area contributed by atoms with Gasteiger partial charge in [0.1, 0.15) is 5.15 Å². The fourth-order valence-corrected chi connectivity index (χ4v) is 2.33. The Balaban J connectivity index is 2.78. The summed E-state index contributed by atoms with van der Waals surface area (Å²) in [5, 5.41) is 0.0273. The van der Waals surface area contributed by atoms with Crippen LogP contribution in [-0.2, 0) is 0 Å². The monoisotopic (exact) mass is 314 g/mol. The summed E-state index contributed by atoms with van der Waals surface area (Å²) in [7, 11) is 0. The first-order valence-electron chi connectivity index (χ1n) is 4.77. The zero-order chi connectivity index (χ0) is 12.6. The Bertz CT molecular complexity index is 659. The summed E-state index contributed by atoms with van der Waals surface area (Å²) in [6.07, 6.45) is 0. The first-order chi connectivity index (χ1) is 7.99. The smallest absolute Gasteiger partial charge is 0.297 e. The molecule has 1 aromatic carbocycles. The molecule has 0 aliphatic carbocycles. The summed E-state index contributed by atoms with van der Waals surface area (Å²) in [5.41, 5.74) is 0.480. The molecule has 6 heteroatoms. The molecule has 0 fully saturated rings. The van der Waals surface area contributed by atoms with Crippen LogP contribution in [0.15, 0.2) is 38.3 Å². The minimum atomic E-state index is -0.563. The van der Waals surface area contributed by atoms with E-state index in [1.165, 1.54) is 0 Å². The van der Waals surface area contributed by atoms with Gasteiger partial charge in [-0.25, -0.2) is 9.36 Å². The van der Waals surface area contributed by atoms with Gasteiger partial charge >= 0.3 is 5.69 Å². The van der Waals surface area contributed by atoms with E-state index < -0.39 is 11.2 Å². The summed E-state index contributed by atoms with van der Waals surface area (Å²) in [5.74, 6) is 0. The average Bonchev–Trinajstić information content (AvgIpc) is 2.19. The molecule has 2 aromatic rings. The van der Waals surface area contributed by atoms with Crippen LogP contribution in [0.3, 0.4) is 0 Å². The van der Waals surface area contributed by atoms with Crippen molar-refractivity contribution < 1.29 is 0 Å². The van der Waals surface area contributed by atoms with E-state index in [-0.39, 0.29) is 5.15 Å². The average molecular weight is 316 g/mol. The van der Waals surface area contributed by atoms with Crippen molar-refractivity contribution in [2.24, 2.45) is 0 Å². The highest BCUT2D eigenvalue weighted by Gasteiger charge is 2.09. The van der Waals surface area contributed by atoms with Gasteiger partial charge in [0.05, 0.1) is 5.69 Å². The van der Waals surface area contributed by atoms with Gasteiger partial charge in [-0.15, -0.1) is 0 Å². The van der Waals surface area contributed by atoms with Crippen molar-refractivity contribution in [3.63, 3.8) is 0 Å². The molecule has 1 heterocycles. The van der Waals surface area contributed by atoms with Gasteiger partial charge in [0.25, 0.3) is 5.56 Å². The van der Waals surface area contributed by atoms with E-state index in [9.17, 15) is 9.59 Å². The van der Waals surface area contributed by atoms with E-state index >= 15 is 0 Å². The Morgan fingerprint density at radius 1 is 1.29 bits per heavy atom. The van der Waals surface area contributed by atoms with Crippen molar-refractivity contribution >= 4 is 27.5 Å². The molecule has 0 amide bonds. The number of halogens is 2. The number of nitrogens with zero attached hydrogens (tertiary/aromatic N) is 1. The van der Waals surface area contributed by atoms with Crippen LogP contribution in [0.4, 0.5) is 0 Å². The van der Waals surface area contributed by atoms with Crippen LogP contribution in [-0.4, -0.2) is 9.55 Å². The van der Waals surface area contributed by atoms with Crippen LogP contribution in [0.5, 0.6) is 0 Å². The number of H-pyrrole nitrogens is 1. The van der Waals surface area contributed by atoms with E-state index in [4.69, 9.17) is 11.6 Å². The lowest BCUT2D eigenvalue weighted by Gasteiger charge is -2.07. The molecular weight excluding hydrogens is 307 g/mol. The second kappa shape index (κ2) is 4.50. The lowest BCUT2D eigenvalue weighted by atomic mass is 10.2. The van der Waals surface area contributed by atoms with Crippen molar-refractivity contribution in [3.8, 4) is 5.69 Å². The van der Waals surface area contributed by atoms with E-state index in [1.807, 2.05) is 19.1 Å². The predicted octanol–water partition coefficient (Wildman–Crippen LogP) is 2.25. The molecule has 0 aliphatic rings. The standard InChI is InChI=1S/C11H8BrClN2O2/c1-6-2-3-8(7(12)4-6)15-10(16)5-9(13)14-11(15)17/h2-5H,1H3,(H,14,17). The number of aromatic amines is 1. The lowest BCUT2D eigenvalue weighted by molar-refractivity contribution is 0.871. The van der Waals surface area contributed by atoms with E-state index in [1.54, 1.807) is 6.07 Å². The molecule has 0 spiro atoms. The molecule has 0 unspecified atom stereocenters. The Labute approximate surface area is 110 Å². The van der Waals surface area contributed by atoms with Crippen molar-refractivity contribution in [1.82, 2.24) is 9.55 Å². The van der Waals surface area contributed by atoms with Crippen molar-refractivity contribution in [3.05, 3.63) is 60.3 Å². The SMILES string of the molecule is Cc1ccc(-n2c(=O)cc(Cl)[nH]c2=O)c(Br)c1. The molecule has 0 saturated heterocycles. The summed E-state index contributed by atoms with van der Waals surface area (Å²) >= 11 is 8.92. The van der Waals surface area contributed by atoms with Gasteiger partial charge in [0.15, 0.2) is 0 Å². The second-order valence-corrected chi connectivity index (χ2v) is 4.81. The van der Waals surface area contributed by atoms with Crippen LogP contribution < -0.4 is 11.2 Å². The molecule has 2 rings (SSSR count). The van der Waals surface area contributed by atoms with Gasteiger partial charge in [0, 0.05) is 10.5 Å². The van der Waals surface area contributed by atoms with Gasteiger partial charge < -0.3 is 0 Å². The summed E-state index contributed by atoms with van der Waals surface area (Å²) in [6, 6.07) is 6.51. The minimum absolute atomic E-state index is 0.0273. The molecule has 17 heavy (non-hydrogen) atoms. The Morgan fingerprint density at radius 2 is 2.00 bits per heavy atom. The van der Waals surface area contributed by atoms with Gasteiger partial charge in [-0.2, -0.15) is 0 Å². The highest BCUT2D eigenvalue weighted by atomic mass is 79.9. The molecule has 0 radical (unpaired) electrons. The summed E-state index contributed by atoms with van der Waals surface area (Å²) < 4.78 is 1.70. The fourth-order valence-electron chi connectivity index (χ4n) is 1.49. The highest BCUT2D eigenvalue weighted by molar-refractivity contribution is 9.10. The number of hydrogen-bond acceptors (Lipinski definition) is 2. The first kappa shape index (κ1) is 12.1. The van der Waals surface area contributed by atoms with E-state index in [0.717, 1.165) is 16.2 Å². The number of benzene rings is 1. The zero-order valence-electron chi connectivity index (χ0n) is 8.83. The van der Waals surface area contributed by atoms with Crippen LogP contribution in [0.1, 0.15) is 5.56 Å². The number of aromatic nitrogens is 2. The van der Waals surface area contributed by atoms with Crippen LogP contribution in [0.2, 0.25) is 5.15 Å². The number of hydrogen-bond donors (Lipinski definition) is 1. The van der Waals surface area contributed by atoms with Crippen molar-refractivity contribution in [1.29, 1.82) is 0 Å². The maximum absolute atomic E-state index is 11.7. The van der Waals surface area contributed by atoms with Gasteiger partial charge in [-0.1, -0.05) is 17.7 Å². The van der Waals surface area contributed by atoms with Crippen LogP contribution in [0.25, 0.3) is 5.69 Å². The zero-order valence-corrected chi connectivity index (χ0v) is 11.2. The second-order valence-electron chi connectivity index (χ2n) is 3.55. The maximum atomic E-state index is 11.7. The van der Waals surface area contributed by atoms with Crippen molar-refractivity contribution in [2.45, 2.75) is 6.92 Å². The number of nitrogens with one attached hydrogen (secondary N) is 1. The molecule has 0 saturated carbocycles. The molecule has 88 valence electrons. The maximum Gasteiger partial charge on any atom is 0.334 e. The molecule has 0 aliphatic heterocycles. The number of aryl methyl sites for hydroxylation is 1. The normalized spacial score (nSPS) is 10.5.